The Morgan fingerprint density at radius 1 is 1.50 bits per heavy atom. The summed E-state index contributed by atoms with van der Waals surface area (Å²) in [5.74, 6) is 1.20. The molecule has 0 spiro atoms. The van der Waals surface area contributed by atoms with Gasteiger partial charge in [0.15, 0.2) is 0 Å². The molecule has 3 nitrogen and oxygen atoms in total. The van der Waals surface area contributed by atoms with Crippen LogP contribution in [0.2, 0.25) is 0 Å². The third kappa shape index (κ3) is 1.12. The Labute approximate surface area is 72.5 Å². The van der Waals surface area contributed by atoms with E-state index in [9.17, 15) is 4.79 Å². The van der Waals surface area contributed by atoms with Gasteiger partial charge in [-0.15, -0.1) is 0 Å². The first-order chi connectivity index (χ1) is 5.83. The van der Waals surface area contributed by atoms with Gasteiger partial charge in [-0.1, -0.05) is 6.42 Å². The second-order valence-corrected chi connectivity index (χ2v) is 3.76. The number of esters is 1. The lowest BCUT2D eigenvalue weighted by molar-refractivity contribution is -0.143. The molecule has 0 aromatic carbocycles. The van der Waals surface area contributed by atoms with Crippen LogP contribution in [0.15, 0.2) is 0 Å². The highest BCUT2D eigenvalue weighted by Gasteiger charge is 2.42. The average molecular weight is 169 g/mol. The number of rotatable bonds is 1. The number of methoxy groups -OCH3 is 1. The predicted molar refractivity (Wildman–Crippen MR) is 44.6 cm³/mol. The van der Waals surface area contributed by atoms with Gasteiger partial charge >= 0.3 is 5.97 Å². The molecule has 1 aliphatic heterocycles. The third-order valence-electron chi connectivity index (χ3n) is 3.20. The second-order valence-electron chi connectivity index (χ2n) is 3.76. The molecule has 0 amide bonds. The molecule has 3 heteroatoms. The Morgan fingerprint density at radius 2 is 2.33 bits per heavy atom. The Morgan fingerprint density at radius 3 is 3.08 bits per heavy atom. The lowest BCUT2D eigenvalue weighted by Crippen LogP contribution is -2.36. The van der Waals surface area contributed by atoms with Crippen molar-refractivity contribution in [3.63, 3.8) is 0 Å². The molecule has 1 N–H and O–H groups in total. The van der Waals surface area contributed by atoms with E-state index in [1.165, 1.54) is 26.4 Å². The highest BCUT2D eigenvalue weighted by atomic mass is 16.5. The van der Waals surface area contributed by atoms with E-state index in [-0.39, 0.29) is 12.0 Å². The molecule has 1 aliphatic carbocycles. The molecule has 0 bridgehead atoms. The summed E-state index contributed by atoms with van der Waals surface area (Å²) in [5, 5.41) is 3.23. The quantitative estimate of drug-likeness (QED) is 0.582. The zero-order valence-electron chi connectivity index (χ0n) is 7.38. The molecule has 0 unspecified atom stereocenters. The number of ether oxygens (including phenoxy) is 1. The fourth-order valence-electron chi connectivity index (χ4n) is 2.57. The fourth-order valence-corrected chi connectivity index (χ4v) is 2.57. The summed E-state index contributed by atoms with van der Waals surface area (Å²) in [7, 11) is 1.46. The van der Waals surface area contributed by atoms with E-state index in [0.717, 1.165) is 12.5 Å². The minimum atomic E-state index is -0.0793. The van der Waals surface area contributed by atoms with E-state index in [0.29, 0.717) is 5.92 Å². The van der Waals surface area contributed by atoms with Crippen LogP contribution in [0.4, 0.5) is 0 Å². The Bertz CT molecular complexity index is 193. The summed E-state index contributed by atoms with van der Waals surface area (Å²) < 4.78 is 4.74. The molecule has 68 valence electrons. The van der Waals surface area contributed by atoms with Gasteiger partial charge in [0.25, 0.3) is 0 Å². The molecule has 1 saturated carbocycles. The van der Waals surface area contributed by atoms with E-state index in [4.69, 9.17) is 4.74 Å². The van der Waals surface area contributed by atoms with Crippen molar-refractivity contribution in [3.8, 4) is 0 Å². The van der Waals surface area contributed by atoms with Crippen LogP contribution >= 0.6 is 0 Å². The minimum Gasteiger partial charge on any atom is -0.468 e. The van der Waals surface area contributed by atoms with Gasteiger partial charge in [0.2, 0.25) is 0 Å². The normalized spacial score (nSPS) is 39.6. The minimum absolute atomic E-state index is 0.0116. The number of hydrogen-bond donors (Lipinski definition) is 1. The van der Waals surface area contributed by atoms with Gasteiger partial charge in [-0.05, 0) is 31.2 Å². The van der Waals surface area contributed by atoms with Crippen LogP contribution < -0.4 is 5.32 Å². The van der Waals surface area contributed by atoms with Crippen molar-refractivity contribution >= 4 is 5.97 Å². The van der Waals surface area contributed by atoms with Gasteiger partial charge in [-0.3, -0.25) is 4.79 Å². The van der Waals surface area contributed by atoms with E-state index in [2.05, 4.69) is 5.32 Å². The van der Waals surface area contributed by atoms with Crippen molar-refractivity contribution in [2.45, 2.75) is 25.3 Å². The Kier molecular flexibility index (Phi) is 2.05. The number of carbonyl (C=O) groups excluding carboxylic acids is 1. The molecule has 12 heavy (non-hydrogen) atoms. The second kappa shape index (κ2) is 3.05. The summed E-state index contributed by atoms with van der Waals surface area (Å²) in [4.78, 5) is 11.3. The summed E-state index contributed by atoms with van der Waals surface area (Å²) >= 11 is 0. The van der Waals surface area contributed by atoms with Gasteiger partial charge < -0.3 is 10.1 Å². The molecular formula is C9H15NO2. The largest absolute Gasteiger partial charge is 0.468 e. The fraction of sp³-hybridized carbons (Fsp3) is 0.889. The molecule has 0 aromatic rings. The lowest BCUT2D eigenvalue weighted by atomic mass is 9.94. The maximum atomic E-state index is 11.3. The van der Waals surface area contributed by atoms with Crippen LogP contribution in [0.5, 0.6) is 0 Å². The molecule has 3 atom stereocenters. The summed E-state index contributed by atoms with van der Waals surface area (Å²) in [6.07, 6.45) is 3.76. The van der Waals surface area contributed by atoms with Gasteiger partial charge in [0.1, 0.15) is 6.04 Å². The number of fused-ring (bicyclic) bond motifs is 1. The van der Waals surface area contributed by atoms with Crippen molar-refractivity contribution < 1.29 is 9.53 Å². The summed E-state index contributed by atoms with van der Waals surface area (Å²) in [5.41, 5.74) is 0. The molecule has 0 radical (unpaired) electrons. The first-order valence-corrected chi connectivity index (χ1v) is 4.64. The van der Waals surface area contributed by atoms with Gasteiger partial charge in [-0.2, -0.15) is 0 Å². The summed E-state index contributed by atoms with van der Waals surface area (Å²) in [6.45, 7) is 1.00. The molecule has 2 aliphatic rings. The first kappa shape index (κ1) is 8.05. The van der Waals surface area contributed by atoms with Crippen molar-refractivity contribution in [3.05, 3.63) is 0 Å². The van der Waals surface area contributed by atoms with E-state index < -0.39 is 0 Å². The maximum Gasteiger partial charge on any atom is 0.323 e. The van der Waals surface area contributed by atoms with E-state index >= 15 is 0 Å². The number of carbonyl (C=O) groups is 1. The monoisotopic (exact) mass is 169 g/mol. The van der Waals surface area contributed by atoms with Crippen LogP contribution in [0.25, 0.3) is 0 Å². The highest BCUT2D eigenvalue weighted by molar-refractivity contribution is 5.76. The standard InChI is InChI=1S/C9H15NO2/c1-12-9(11)8-7-4-2-3-6(7)5-10-8/h6-8,10H,2-5H2,1H3/t6-,7+,8+/m1/s1. The number of nitrogens with one attached hydrogen (secondary N) is 1. The predicted octanol–water partition coefficient (Wildman–Crippen LogP) is 0.547. The third-order valence-corrected chi connectivity index (χ3v) is 3.20. The van der Waals surface area contributed by atoms with Crippen molar-refractivity contribution in [1.29, 1.82) is 0 Å². The first-order valence-electron chi connectivity index (χ1n) is 4.64. The molecule has 1 heterocycles. The molecule has 0 aromatic heterocycles. The zero-order chi connectivity index (χ0) is 8.55. The van der Waals surface area contributed by atoms with E-state index in [1.54, 1.807) is 0 Å². The average Bonchev–Trinajstić information content (AvgIpc) is 2.62. The Balaban J connectivity index is 2.04. The van der Waals surface area contributed by atoms with Crippen LogP contribution in [0.1, 0.15) is 19.3 Å². The van der Waals surface area contributed by atoms with Crippen LogP contribution in [-0.2, 0) is 9.53 Å². The van der Waals surface area contributed by atoms with Crippen LogP contribution in [0, 0.1) is 11.8 Å². The number of hydrogen-bond acceptors (Lipinski definition) is 3. The molecule has 1 saturated heterocycles. The smallest absolute Gasteiger partial charge is 0.323 e. The summed E-state index contributed by atoms with van der Waals surface area (Å²) in [6, 6.07) is -0.0116. The molecule has 2 rings (SSSR count). The Hall–Kier alpha value is -0.570. The zero-order valence-corrected chi connectivity index (χ0v) is 7.38. The van der Waals surface area contributed by atoms with Crippen LogP contribution in [0.3, 0.4) is 0 Å². The van der Waals surface area contributed by atoms with Crippen molar-refractivity contribution in [2.75, 3.05) is 13.7 Å². The topological polar surface area (TPSA) is 38.3 Å². The van der Waals surface area contributed by atoms with Crippen molar-refractivity contribution in [1.82, 2.24) is 5.32 Å². The van der Waals surface area contributed by atoms with Crippen molar-refractivity contribution in [2.24, 2.45) is 11.8 Å². The van der Waals surface area contributed by atoms with E-state index in [1.807, 2.05) is 0 Å². The van der Waals surface area contributed by atoms with Crippen LogP contribution in [-0.4, -0.2) is 25.7 Å². The highest BCUT2D eigenvalue weighted by Crippen LogP contribution is 2.37. The van der Waals surface area contributed by atoms with Gasteiger partial charge in [0, 0.05) is 0 Å². The SMILES string of the molecule is COC(=O)[C@H]1NC[C@H]2CCC[C@@H]21. The molecular weight excluding hydrogens is 154 g/mol. The van der Waals surface area contributed by atoms with Gasteiger partial charge in [0.05, 0.1) is 7.11 Å². The van der Waals surface area contributed by atoms with Gasteiger partial charge in [-0.25, -0.2) is 0 Å². The lowest BCUT2D eigenvalue weighted by Gasteiger charge is -2.14. The molecule has 2 fully saturated rings. The maximum absolute atomic E-state index is 11.3.